The summed E-state index contributed by atoms with van der Waals surface area (Å²) in [5.74, 6) is -0.329. The fraction of sp³-hybridized carbons (Fsp3) is 0.125. The monoisotopic (exact) mass is 398 g/mol. The van der Waals surface area contributed by atoms with Gasteiger partial charge in [0.25, 0.3) is 5.91 Å². The largest absolute Gasteiger partial charge is 0.326 e. The van der Waals surface area contributed by atoms with Crippen LogP contribution < -0.4 is 10.6 Å². The summed E-state index contributed by atoms with van der Waals surface area (Å²) >= 11 is 0. The lowest BCUT2D eigenvalue weighted by molar-refractivity contribution is -0.115. The number of fused-ring (bicyclic) bond motifs is 1. The lowest BCUT2D eigenvalue weighted by atomic mass is 10.0. The number of aryl methyl sites for hydroxylation is 2. The molecule has 0 aliphatic rings. The van der Waals surface area contributed by atoms with E-state index in [1.807, 2.05) is 56.3 Å². The van der Waals surface area contributed by atoms with Gasteiger partial charge in [-0.2, -0.15) is 5.10 Å². The molecule has 6 nitrogen and oxygen atoms in total. The zero-order chi connectivity index (χ0) is 21.1. The second kappa shape index (κ2) is 8.21. The molecule has 150 valence electrons. The third-order valence-electron chi connectivity index (χ3n) is 5.03. The molecular formula is C24H22N4O2. The van der Waals surface area contributed by atoms with Crippen LogP contribution in [0.25, 0.3) is 10.8 Å². The van der Waals surface area contributed by atoms with Crippen molar-refractivity contribution < 1.29 is 9.59 Å². The number of anilines is 2. The molecular weight excluding hydrogens is 376 g/mol. The van der Waals surface area contributed by atoms with Crippen molar-refractivity contribution >= 4 is 34.0 Å². The topological polar surface area (TPSA) is 86.9 Å². The van der Waals surface area contributed by atoms with Crippen LogP contribution in [-0.4, -0.2) is 22.0 Å². The van der Waals surface area contributed by atoms with Crippen molar-refractivity contribution in [1.29, 1.82) is 0 Å². The molecule has 0 spiro atoms. The Balaban J connectivity index is 1.42. The second-order valence-electron chi connectivity index (χ2n) is 7.20. The molecule has 0 fully saturated rings. The molecule has 0 aliphatic heterocycles. The van der Waals surface area contributed by atoms with Crippen molar-refractivity contribution in [2.45, 2.75) is 20.3 Å². The normalized spacial score (nSPS) is 10.7. The van der Waals surface area contributed by atoms with Crippen molar-refractivity contribution in [3.63, 3.8) is 0 Å². The molecule has 0 bridgehead atoms. The minimum Gasteiger partial charge on any atom is -0.326 e. The minimum atomic E-state index is -0.226. The van der Waals surface area contributed by atoms with Gasteiger partial charge in [-0.25, -0.2) is 0 Å². The third-order valence-corrected chi connectivity index (χ3v) is 5.03. The zero-order valence-corrected chi connectivity index (χ0v) is 16.8. The number of hydrogen-bond acceptors (Lipinski definition) is 3. The lowest BCUT2D eigenvalue weighted by Gasteiger charge is -2.09. The van der Waals surface area contributed by atoms with Crippen LogP contribution in [0.5, 0.6) is 0 Å². The number of nitrogens with zero attached hydrogens (tertiary/aromatic N) is 1. The first-order valence-corrected chi connectivity index (χ1v) is 9.71. The molecule has 2 amide bonds. The van der Waals surface area contributed by atoms with E-state index in [1.165, 1.54) is 0 Å². The number of amides is 2. The van der Waals surface area contributed by atoms with E-state index in [9.17, 15) is 9.59 Å². The summed E-state index contributed by atoms with van der Waals surface area (Å²) in [6.07, 6.45) is 0.280. The Morgan fingerprint density at radius 3 is 2.37 bits per heavy atom. The maximum atomic E-state index is 12.5. The SMILES string of the molecule is Cc1n[nH]c(C)c1NC(=O)c1ccc(NC(=O)Cc2cccc3ccccc23)cc1. The number of carbonyl (C=O) groups excluding carboxylic acids is 2. The van der Waals surface area contributed by atoms with Crippen LogP contribution >= 0.6 is 0 Å². The van der Waals surface area contributed by atoms with Crippen molar-refractivity contribution in [2.24, 2.45) is 0 Å². The maximum absolute atomic E-state index is 12.5. The number of rotatable bonds is 5. The highest BCUT2D eigenvalue weighted by atomic mass is 16.2. The van der Waals surface area contributed by atoms with Crippen LogP contribution in [0.3, 0.4) is 0 Å². The standard InChI is InChI=1S/C24H22N4O2/c1-15-23(16(2)28-27-15)26-24(30)18-10-12-20(13-11-18)25-22(29)14-19-8-5-7-17-6-3-4-9-21(17)19/h3-13H,14H2,1-2H3,(H,25,29)(H,26,30)(H,27,28). The first-order chi connectivity index (χ1) is 14.5. The average Bonchev–Trinajstić information content (AvgIpc) is 3.06. The molecule has 0 unspecified atom stereocenters. The predicted octanol–water partition coefficient (Wildman–Crippen LogP) is 4.61. The maximum Gasteiger partial charge on any atom is 0.255 e. The van der Waals surface area contributed by atoms with E-state index in [4.69, 9.17) is 0 Å². The van der Waals surface area contributed by atoms with Crippen LogP contribution in [0.4, 0.5) is 11.4 Å². The van der Waals surface area contributed by atoms with Gasteiger partial charge in [-0.3, -0.25) is 14.7 Å². The Morgan fingerprint density at radius 1 is 0.900 bits per heavy atom. The second-order valence-corrected chi connectivity index (χ2v) is 7.20. The Hall–Kier alpha value is -3.93. The molecule has 1 heterocycles. The molecule has 3 N–H and O–H groups in total. The summed E-state index contributed by atoms with van der Waals surface area (Å²) in [7, 11) is 0. The number of carbonyl (C=O) groups is 2. The van der Waals surface area contributed by atoms with Crippen LogP contribution in [-0.2, 0) is 11.2 Å². The van der Waals surface area contributed by atoms with Crippen LogP contribution in [0.2, 0.25) is 0 Å². The molecule has 6 heteroatoms. The van der Waals surface area contributed by atoms with Gasteiger partial charge in [-0.15, -0.1) is 0 Å². The Morgan fingerprint density at radius 2 is 1.63 bits per heavy atom. The number of H-pyrrole nitrogens is 1. The van der Waals surface area contributed by atoms with E-state index in [0.29, 0.717) is 16.9 Å². The number of aromatic amines is 1. The summed E-state index contributed by atoms with van der Waals surface area (Å²) in [5.41, 5.74) is 4.35. The summed E-state index contributed by atoms with van der Waals surface area (Å²) in [4.78, 5) is 25.0. The molecule has 0 saturated carbocycles. The van der Waals surface area contributed by atoms with Crippen LogP contribution in [0, 0.1) is 13.8 Å². The number of nitrogens with one attached hydrogen (secondary N) is 3. The van der Waals surface area contributed by atoms with Crippen molar-refractivity contribution in [3.05, 3.63) is 89.2 Å². The van der Waals surface area contributed by atoms with E-state index < -0.39 is 0 Å². The summed E-state index contributed by atoms with van der Waals surface area (Å²) in [6.45, 7) is 3.68. The van der Waals surface area contributed by atoms with Crippen LogP contribution in [0.15, 0.2) is 66.7 Å². The van der Waals surface area contributed by atoms with Gasteiger partial charge in [0.1, 0.15) is 0 Å². The van der Waals surface area contributed by atoms with E-state index in [1.54, 1.807) is 24.3 Å². The number of hydrogen-bond donors (Lipinski definition) is 3. The average molecular weight is 398 g/mol. The van der Waals surface area contributed by atoms with E-state index >= 15 is 0 Å². The van der Waals surface area contributed by atoms with Crippen molar-refractivity contribution in [3.8, 4) is 0 Å². The number of benzene rings is 3. The molecule has 0 saturated heterocycles. The van der Waals surface area contributed by atoms with Gasteiger partial charge in [-0.05, 0) is 54.4 Å². The van der Waals surface area contributed by atoms with E-state index in [0.717, 1.165) is 27.7 Å². The van der Waals surface area contributed by atoms with Gasteiger partial charge in [0.15, 0.2) is 0 Å². The van der Waals surface area contributed by atoms with Gasteiger partial charge < -0.3 is 10.6 Å². The fourth-order valence-electron chi connectivity index (χ4n) is 3.45. The predicted molar refractivity (Wildman–Crippen MR) is 119 cm³/mol. The molecule has 4 rings (SSSR count). The summed E-state index contributed by atoms with van der Waals surface area (Å²) in [6, 6.07) is 20.8. The number of aromatic nitrogens is 2. The van der Waals surface area contributed by atoms with E-state index in [2.05, 4.69) is 20.8 Å². The highest BCUT2D eigenvalue weighted by Crippen LogP contribution is 2.20. The van der Waals surface area contributed by atoms with Gasteiger partial charge in [0.05, 0.1) is 23.5 Å². The zero-order valence-electron chi connectivity index (χ0n) is 16.8. The molecule has 0 radical (unpaired) electrons. The fourth-order valence-corrected chi connectivity index (χ4v) is 3.45. The van der Waals surface area contributed by atoms with Gasteiger partial charge in [0, 0.05) is 11.3 Å². The lowest BCUT2D eigenvalue weighted by Crippen LogP contribution is -2.15. The quantitative estimate of drug-likeness (QED) is 0.459. The molecule has 3 aromatic carbocycles. The molecule has 4 aromatic rings. The van der Waals surface area contributed by atoms with Gasteiger partial charge in [0.2, 0.25) is 5.91 Å². The first kappa shape index (κ1) is 19.4. The van der Waals surface area contributed by atoms with Crippen LogP contribution in [0.1, 0.15) is 27.3 Å². The minimum absolute atomic E-state index is 0.104. The van der Waals surface area contributed by atoms with Gasteiger partial charge >= 0.3 is 0 Å². The smallest absolute Gasteiger partial charge is 0.255 e. The first-order valence-electron chi connectivity index (χ1n) is 9.71. The Labute approximate surface area is 174 Å². The molecule has 0 aliphatic carbocycles. The molecule has 1 aromatic heterocycles. The van der Waals surface area contributed by atoms with E-state index in [-0.39, 0.29) is 18.2 Å². The van der Waals surface area contributed by atoms with Crippen molar-refractivity contribution in [1.82, 2.24) is 10.2 Å². The highest BCUT2D eigenvalue weighted by molar-refractivity contribution is 6.05. The summed E-state index contributed by atoms with van der Waals surface area (Å²) in [5, 5.41) is 14.9. The molecule has 0 atom stereocenters. The summed E-state index contributed by atoms with van der Waals surface area (Å²) < 4.78 is 0. The Bertz CT molecular complexity index is 1200. The third kappa shape index (κ3) is 4.07. The highest BCUT2D eigenvalue weighted by Gasteiger charge is 2.12. The van der Waals surface area contributed by atoms with Gasteiger partial charge in [-0.1, -0.05) is 42.5 Å². The van der Waals surface area contributed by atoms with Crippen molar-refractivity contribution in [2.75, 3.05) is 10.6 Å². The Kier molecular flexibility index (Phi) is 5.30. The molecule has 30 heavy (non-hydrogen) atoms.